The Morgan fingerprint density at radius 3 is 2.50 bits per heavy atom. The van der Waals surface area contributed by atoms with E-state index >= 15 is 0 Å². The molecule has 1 aromatic heterocycles. The number of hydrogen-bond acceptors (Lipinski definition) is 5. The summed E-state index contributed by atoms with van der Waals surface area (Å²) in [6, 6.07) is 15.5. The van der Waals surface area contributed by atoms with Crippen molar-refractivity contribution in [3.05, 3.63) is 89.6 Å². The first-order valence-electron chi connectivity index (χ1n) is 8.48. The van der Waals surface area contributed by atoms with Gasteiger partial charge in [-0.1, -0.05) is 30.3 Å². The SMILES string of the molecule is COc1ccccc1[C@H](OC(=O)c1ccco1)C(=O)NCc1ccc(F)cc1. The van der Waals surface area contributed by atoms with Gasteiger partial charge in [0.05, 0.1) is 13.4 Å². The number of halogens is 1. The van der Waals surface area contributed by atoms with E-state index < -0.39 is 18.0 Å². The van der Waals surface area contributed by atoms with Crippen molar-refractivity contribution in [1.82, 2.24) is 5.32 Å². The molecule has 0 bridgehead atoms. The highest BCUT2D eigenvalue weighted by Gasteiger charge is 2.29. The summed E-state index contributed by atoms with van der Waals surface area (Å²) in [6.45, 7) is 0.142. The van der Waals surface area contributed by atoms with Crippen LogP contribution in [0.15, 0.2) is 71.3 Å². The minimum Gasteiger partial charge on any atom is -0.496 e. The Labute approximate surface area is 160 Å². The van der Waals surface area contributed by atoms with E-state index in [-0.39, 0.29) is 18.1 Å². The van der Waals surface area contributed by atoms with Crippen molar-refractivity contribution in [3.8, 4) is 5.75 Å². The highest BCUT2D eigenvalue weighted by molar-refractivity contribution is 5.91. The van der Waals surface area contributed by atoms with E-state index in [0.29, 0.717) is 16.9 Å². The molecule has 1 N–H and O–H groups in total. The van der Waals surface area contributed by atoms with Crippen molar-refractivity contribution in [2.24, 2.45) is 0 Å². The third-order valence-corrected chi connectivity index (χ3v) is 3.99. The normalized spacial score (nSPS) is 11.5. The molecule has 28 heavy (non-hydrogen) atoms. The first-order chi connectivity index (χ1) is 13.6. The number of furan rings is 1. The Morgan fingerprint density at radius 1 is 1.07 bits per heavy atom. The fourth-order valence-electron chi connectivity index (χ4n) is 2.59. The Morgan fingerprint density at radius 2 is 1.82 bits per heavy atom. The van der Waals surface area contributed by atoms with Gasteiger partial charge in [-0.15, -0.1) is 0 Å². The number of para-hydroxylation sites is 1. The second kappa shape index (κ2) is 8.85. The third kappa shape index (κ3) is 4.56. The first kappa shape index (κ1) is 19.2. The smallest absolute Gasteiger partial charge is 0.375 e. The number of esters is 1. The van der Waals surface area contributed by atoms with Gasteiger partial charge < -0.3 is 19.2 Å². The molecule has 1 atom stereocenters. The van der Waals surface area contributed by atoms with Crippen LogP contribution in [0.3, 0.4) is 0 Å². The van der Waals surface area contributed by atoms with Crippen LogP contribution >= 0.6 is 0 Å². The second-order valence-corrected chi connectivity index (χ2v) is 5.85. The largest absolute Gasteiger partial charge is 0.496 e. The van der Waals surface area contributed by atoms with Crippen LogP contribution in [-0.2, 0) is 16.1 Å². The molecule has 1 amide bonds. The number of carbonyl (C=O) groups excluding carboxylic acids is 2. The van der Waals surface area contributed by atoms with E-state index in [1.54, 1.807) is 42.5 Å². The van der Waals surface area contributed by atoms with Crippen LogP contribution in [0.2, 0.25) is 0 Å². The Kier molecular flexibility index (Phi) is 6.06. The number of rotatable bonds is 7. The lowest BCUT2D eigenvalue weighted by Crippen LogP contribution is -2.32. The van der Waals surface area contributed by atoms with Gasteiger partial charge in [0, 0.05) is 12.1 Å². The molecule has 0 fully saturated rings. The third-order valence-electron chi connectivity index (χ3n) is 3.99. The van der Waals surface area contributed by atoms with Crippen molar-refractivity contribution in [1.29, 1.82) is 0 Å². The summed E-state index contributed by atoms with van der Waals surface area (Å²) in [5, 5.41) is 2.69. The average molecular weight is 383 g/mol. The number of carbonyl (C=O) groups is 2. The Hall–Kier alpha value is -3.61. The molecule has 0 spiro atoms. The zero-order chi connectivity index (χ0) is 19.9. The van der Waals surface area contributed by atoms with Gasteiger partial charge in [-0.3, -0.25) is 4.79 Å². The number of amides is 1. The lowest BCUT2D eigenvalue weighted by molar-refractivity contribution is -0.130. The van der Waals surface area contributed by atoms with Crippen molar-refractivity contribution in [2.75, 3.05) is 7.11 Å². The molecular formula is C21H18FNO5. The summed E-state index contributed by atoms with van der Waals surface area (Å²) < 4.78 is 28.8. The maximum Gasteiger partial charge on any atom is 0.375 e. The van der Waals surface area contributed by atoms with Gasteiger partial charge in [-0.2, -0.15) is 0 Å². The number of benzene rings is 2. The molecule has 0 aliphatic rings. The van der Waals surface area contributed by atoms with Gasteiger partial charge >= 0.3 is 5.97 Å². The predicted octanol–water partition coefficient (Wildman–Crippen LogP) is 3.64. The number of hydrogen-bond donors (Lipinski definition) is 1. The first-order valence-corrected chi connectivity index (χ1v) is 8.48. The minimum absolute atomic E-state index is 0.0220. The van der Waals surface area contributed by atoms with Crippen LogP contribution in [-0.4, -0.2) is 19.0 Å². The maximum absolute atomic E-state index is 13.0. The van der Waals surface area contributed by atoms with Crippen LogP contribution in [0.25, 0.3) is 0 Å². The highest BCUT2D eigenvalue weighted by atomic mass is 19.1. The quantitative estimate of drug-likeness (QED) is 0.630. The van der Waals surface area contributed by atoms with E-state index in [2.05, 4.69) is 5.32 Å². The molecule has 144 valence electrons. The Bertz CT molecular complexity index is 938. The van der Waals surface area contributed by atoms with Crippen LogP contribution in [0, 0.1) is 5.82 Å². The van der Waals surface area contributed by atoms with E-state index in [1.165, 1.54) is 31.6 Å². The van der Waals surface area contributed by atoms with Crippen molar-refractivity contribution in [2.45, 2.75) is 12.6 Å². The molecule has 0 saturated heterocycles. The van der Waals surface area contributed by atoms with E-state index in [0.717, 1.165) is 0 Å². The summed E-state index contributed by atoms with van der Waals surface area (Å²) in [4.78, 5) is 25.1. The standard InChI is InChI=1S/C21H18FNO5/c1-26-17-6-3-2-5-16(17)19(28-21(25)18-7-4-12-27-18)20(24)23-13-14-8-10-15(22)11-9-14/h2-12,19H,13H2,1H3,(H,23,24)/t19-/m0/s1. The molecule has 7 heteroatoms. The van der Waals surface area contributed by atoms with E-state index in [4.69, 9.17) is 13.9 Å². The topological polar surface area (TPSA) is 77.8 Å². The fraction of sp³-hybridized carbons (Fsp3) is 0.143. The van der Waals surface area contributed by atoms with Crippen molar-refractivity contribution < 1.29 is 27.9 Å². The maximum atomic E-state index is 13.0. The van der Waals surface area contributed by atoms with Gasteiger partial charge in [0.25, 0.3) is 5.91 Å². The summed E-state index contributed by atoms with van der Waals surface area (Å²) in [6.07, 6.45) is 0.0812. The highest BCUT2D eigenvalue weighted by Crippen LogP contribution is 2.28. The van der Waals surface area contributed by atoms with Gasteiger partial charge in [0.1, 0.15) is 11.6 Å². The number of ether oxygens (including phenoxy) is 2. The zero-order valence-corrected chi connectivity index (χ0v) is 15.1. The number of nitrogens with one attached hydrogen (secondary N) is 1. The molecule has 2 aromatic carbocycles. The summed E-state index contributed by atoms with van der Waals surface area (Å²) >= 11 is 0. The molecule has 3 aromatic rings. The molecule has 0 aliphatic carbocycles. The zero-order valence-electron chi connectivity index (χ0n) is 15.1. The van der Waals surface area contributed by atoms with Crippen LogP contribution in [0.5, 0.6) is 5.75 Å². The average Bonchev–Trinajstić information content (AvgIpc) is 3.26. The molecule has 0 saturated carbocycles. The number of methoxy groups -OCH3 is 1. The monoisotopic (exact) mass is 383 g/mol. The minimum atomic E-state index is -1.26. The molecule has 1 heterocycles. The van der Waals surface area contributed by atoms with Crippen LogP contribution in [0.1, 0.15) is 27.8 Å². The molecule has 0 aliphatic heterocycles. The molecule has 0 unspecified atom stereocenters. The summed E-state index contributed by atoms with van der Waals surface area (Å²) in [5.41, 5.74) is 1.09. The van der Waals surface area contributed by atoms with E-state index in [9.17, 15) is 14.0 Å². The Balaban J connectivity index is 1.81. The summed E-state index contributed by atoms with van der Waals surface area (Å²) in [5.74, 6) is -1.32. The lowest BCUT2D eigenvalue weighted by atomic mass is 10.1. The van der Waals surface area contributed by atoms with Gasteiger partial charge in [-0.25, -0.2) is 9.18 Å². The molecular weight excluding hydrogens is 365 g/mol. The van der Waals surface area contributed by atoms with Crippen LogP contribution in [0.4, 0.5) is 4.39 Å². The molecule has 3 rings (SSSR count). The molecule has 6 nitrogen and oxygen atoms in total. The lowest BCUT2D eigenvalue weighted by Gasteiger charge is -2.19. The fourth-order valence-corrected chi connectivity index (χ4v) is 2.59. The summed E-state index contributed by atoms with van der Waals surface area (Å²) in [7, 11) is 1.46. The van der Waals surface area contributed by atoms with E-state index in [1.807, 2.05) is 0 Å². The molecule has 0 radical (unpaired) electrons. The van der Waals surface area contributed by atoms with Gasteiger partial charge in [0.2, 0.25) is 11.9 Å². The van der Waals surface area contributed by atoms with Crippen LogP contribution < -0.4 is 10.1 Å². The van der Waals surface area contributed by atoms with Crippen molar-refractivity contribution >= 4 is 11.9 Å². The van der Waals surface area contributed by atoms with Gasteiger partial charge in [-0.05, 0) is 35.9 Å². The van der Waals surface area contributed by atoms with Gasteiger partial charge in [0.15, 0.2) is 0 Å². The second-order valence-electron chi connectivity index (χ2n) is 5.85. The predicted molar refractivity (Wildman–Crippen MR) is 98.1 cm³/mol. The van der Waals surface area contributed by atoms with Crippen molar-refractivity contribution in [3.63, 3.8) is 0 Å².